The third-order valence-corrected chi connectivity index (χ3v) is 4.98. The van der Waals surface area contributed by atoms with Gasteiger partial charge in [0.25, 0.3) is 0 Å². The van der Waals surface area contributed by atoms with Crippen LogP contribution in [0.15, 0.2) is 0 Å². The minimum absolute atomic E-state index is 0.0460. The van der Waals surface area contributed by atoms with Crippen molar-refractivity contribution in [1.29, 1.82) is 0 Å². The number of amides is 2. The first-order valence-electron chi connectivity index (χ1n) is 8.25. The Morgan fingerprint density at radius 2 is 2.00 bits per heavy atom. The average molecular weight is 310 g/mol. The quantitative estimate of drug-likeness (QED) is 0.806. The fraction of sp³-hybridized carbons (Fsp3) is 0.812. The Labute approximate surface area is 131 Å². The summed E-state index contributed by atoms with van der Waals surface area (Å²) >= 11 is 0. The van der Waals surface area contributed by atoms with E-state index in [1.54, 1.807) is 0 Å². The average Bonchev–Trinajstić information content (AvgIpc) is 3.12. The van der Waals surface area contributed by atoms with Gasteiger partial charge in [-0.3, -0.25) is 14.4 Å². The van der Waals surface area contributed by atoms with E-state index in [-0.39, 0.29) is 42.8 Å². The van der Waals surface area contributed by atoms with E-state index in [0.29, 0.717) is 13.0 Å². The van der Waals surface area contributed by atoms with Crippen LogP contribution in [0.25, 0.3) is 0 Å². The molecule has 1 heterocycles. The van der Waals surface area contributed by atoms with E-state index in [0.717, 1.165) is 25.7 Å². The monoisotopic (exact) mass is 310 g/mol. The molecule has 1 aliphatic carbocycles. The van der Waals surface area contributed by atoms with Crippen molar-refractivity contribution < 1.29 is 19.5 Å². The summed E-state index contributed by atoms with van der Waals surface area (Å²) in [5, 5.41) is 9.03. The van der Waals surface area contributed by atoms with Crippen molar-refractivity contribution in [2.24, 2.45) is 5.92 Å². The number of hydrogen-bond acceptors (Lipinski definition) is 3. The largest absolute Gasteiger partial charge is 0.480 e. The number of carbonyl (C=O) groups excluding carboxylic acids is 2. The molecule has 124 valence electrons. The van der Waals surface area contributed by atoms with Gasteiger partial charge in [0.2, 0.25) is 11.8 Å². The molecule has 22 heavy (non-hydrogen) atoms. The van der Waals surface area contributed by atoms with Crippen molar-refractivity contribution in [2.45, 2.75) is 64.5 Å². The molecular formula is C16H26N2O4. The van der Waals surface area contributed by atoms with E-state index in [4.69, 9.17) is 5.11 Å². The standard InChI is InChI=1S/C16H26N2O4/c1-3-11(2)17(10-15(20)21)16(22)12-8-14(19)18(9-12)13-6-4-5-7-13/h11-13H,3-10H2,1-2H3,(H,20,21). The first kappa shape index (κ1) is 16.8. The SMILES string of the molecule is CCC(C)N(CC(=O)O)C(=O)C1CC(=O)N(C2CCCC2)C1. The molecule has 0 aromatic rings. The number of hydrogen-bond donors (Lipinski definition) is 1. The lowest BCUT2D eigenvalue weighted by molar-refractivity contribution is -0.148. The minimum atomic E-state index is -1.01. The number of carbonyl (C=O) groups is 3. The minimum Gasteiger partial charge on any atom is -0.480 e. The molecule has 2 fully saturated rings. The third kappa shape index (κ3) is 3.59. The molecular weight excluding hydrogens is 284 g/mol. The van der Waals surface area contributed by atoms with Gasteiger partial charge >= 0.3 is 5.97 Å². The summed E-state index contributed by atoms with van der Waals surface area (Å²) in [6.07, 6.45) is 5.26. The summed E-state index contributed by atoms with van der Waals surface area (Å²) in [5.74, 6) is -1.54. The maximum atomic E-state index is 12.7. The van der Waals surface area contributed by atoms with Crippen LogP contribution in [-0.2, 0) is 14.4 Å². The summed E-state index contributed by atoms with van der Waals surface area (Å²) in [6.45, 7) is 3.95. The highest BCUT2D eigenvalue weighted by Crippen LogP contribution is 2.30. The maximum absolute atomic E-state index is 12.7. The molecule has 0 aromatic carbocycles. The van der Waals surface area contributed by atoms with Gasteiger partial charge in [0.15, 0.2) is 0 Å². The van der Waals surface area contributed by atoms with Crippen LogP contribution in [0.1, 0.15) is 52.4 Å². The van der Waals surface area contributed by atoms with Crippen LogP contribution in [0.3, 0.4) is 0 Å². The second-order valence-corrected chi connectivity index (χ2v) is 6.50. The molecule has 1 saturated heterocycles. The molecule has 0 radical (unpaired) electrons. The second-order valence-electron chi connectivity index (χ2n) is 6.50. The number of aliphatic carboxylic acids is 1. The molecule has 1 aliphatic heterocycles. The Balaban J connectivity index is 2.04. The Morgan fingerprint density at radius 1 is 1.36 bits per heavy atom. The van der Waals surface area contributed by atoms with Crippen LogP contribution in [0, 0.1) is 5.92 Å². The third-order valence-electron chi connectivity index (χ3n) is 4.98. The van der Waals surface area contributed by atoms with Crippen molar-refractivity contribution in [3.63, 3.8) is 0 Å². The highest BCUT2D eigenvalue weighted by molar-refractivity contribution is 5.91. The zero-order valence-electron chi connectivity index (χ0n) is 13.5. The van der Waals surface area contributed by atoms with Gasteiger partial charge in [-0.1, -0.05) is 19.8 Å². The molecule has 0 spiro atoms. The van der Waals surface area contributed by atoms with E-state index in [1.807, 2.05) is 18.7 Å². The molecule has 0 bridgehead atoms. The van der Waals surface area contributed by atoms with Crippen LogP contribution in [0.5, 0.6) is 0 Å². The predicted octanol–water partition coefficient (Wildman–Crippen LogP) is 1.49. The Kier molecular flexibility index (Phi) is 5.42. The molecule has 2 amide bonds. The lowest BCUT2D eigenvalue weighted by Gasteiger charge is -2.30. The molecule has 0 aromatic heterocycles. The molecule has 1 N–H and O–H groups in total. The number of rotatable bonds is 6. The van der Waals surface area contributed by atoms with E-state index >= 15 is 0 Å². The second kappa shape index (κ2) is 7.11. The van der Waals surface area contributed by atoms with Crippen LogP contribution in [-0.4, -0.2) is 57.9 Å². The first-order chi connectivity index (χ1) is 10.4. The lowest BCUT2D eigenvalue weighted by Crippen LogP contribution is -2.45. The van der Waals surface area contributed by atoms with Crippen molar-refractivity contribution in [3.8, 4) is 0 Å². The fourth-order valence-corrected chi connectivity index (χ4v) is 3.52. The summed E-state index contributed by atoms with van der Waals surface area (Å²) in [6, 6.07) is 0.154. The van der Waals surface area contributed by atoms with Crippen molar-refractivity contribution in [1.82, 2.24) is 9.80 Å². The Hall–Kier alpha value is -1.59. The molecule has 2 rings (SSSR count). The van der Waals surface area contributed by atoms with Crippen molar-refractivity contribution in [3.05, 3.63) is 0 Å². The molecule has 2 aliphatic rings. The number of nitrogens with zero attached hydrogens (tertiary/aromatic N) is 2. The summed E-state index contributed by atoms with van der Waals surface area (Å²) < 4.78 is 0. The summed E-state index contributed by atoms with van der Waals surface area (Å²) in [5.41, 5.74) is 0. The summed E-state index contributed by atoms with van der Waals surface area (Å²) in [4.78, 5) is 39.2. The van der Waals surface area contributed by atoms with Gasteiger partial charge in [-0.05, 0) is 26.2 Å². The lowest BCUT2D eigenvalue weighted by atomic mass is 10.1. The summed E-state index contributed by atoms with van der Waals surface area (Å²) in [7, 11) is 0. The van der Waals surface area contributed by atoms with E-state index in [2.05, 4.69) is 0 Å². The van der Waals surface area contributed by atoms with Crippen LogP contribution < -0.4 is 0 Å². The molecule has 6 nitrogen and oxygen atoms in total. The molecule has 2 unspecified atom stereocenters. The van der Waals surface area contributed by atoms with Crippen molar-refractivity contribution >= 4 is 17.8 Å². The van der Waals surface area contributed by atoms with Gasteiger partial charge in [-0.2, -0.15) is 0 Å². The molecule has 6 heteroatoms. The van der Waals surface area contributed by atoms with E-state index in [1.165, 1.54) is 4.90 Å². The first-order valence-corrected chi connectivity index (χ1v) is 8.25. The van der Waals surface area contributed by atoms with Crippen LogP contribution >= 0.6 is 0 Å². The normalized spacial score (nSPS) is 23.8. The highest BCUT2D eigenvalue weighted by atomic mass is 16.4. The molecule has 2 atom stereocenters. The van der Waals surface area contributed by atoms with Gasteiger partial charge in [-0.25, -0.2) is 0 Å². The van der Waals surface area contributed by atoms with E-state index < -0.39 is 5.97 Å². The predicted molar refractivity (Wildman–Crippen MR) is 81.2 cm³/mol. The Bertz CT molecular complexity index is 445. The smallest absolute Gasteiger partial charge is 0.323 e. The maximum Gasteiger partial charge on any atom is 0.323 e. The van der Waals surface area contributed by atoms with Crippen molar-refractivity contribution in [2.75, 3.05) is 13.1 Å². The number of likely N-dealkylation sites (tertiary alicyclic amines) is 1. The van der Waals surface area contributed by atoms with Gasteiger partial charge in [0, 0.05) is 25.0 Å². The Morgan fingerprint density at radius 3 is 2.55 bits per heavy atom. The zero-order chi connectivity index (χ0) is 16.3. The van der Waals surface area contributed by atoms with Gasteiger partial charge < -0.3 is 14.9 Å². The van der Waals surface area contributed by atoms with Crippen LogP contribution in [0.4, 0.5) is 0 Å². The molecule has 1 saturated carbocycles. The number of carboxylic acid groups (broad SMARTS) is 1. The van der Waals surface area contributed by atoms with Crippen LogP contribution in [0.2, 0.25) is 0 Å². The van der Waals surface area contributed by atoms with Gasteiger partial charge in [0.05, 0.1) is 5.92 Å². The van der Waals surface area contributed by atoms with Gasteiger partial charge in [0.1, 0.15) is 6.54 Å². The highest BCUT2D eigenvalue weighted by Gasteiger charge is 2.41. The topological polar surface area (TPSA) is 77.9 Å². The van der Waals surface area contributed by atoms with Gasteiger partial charge in [-0.15, -0.1) is 0 Å². The number of carboxylic acids is 1. The van der Waals surface area contributed by atoms with E-state index in [9.17, 15) is 14.4 Å². The fourth-order valence-electron chi connectivity index (χ4n) is 3.52. The zero-order valence-corrected chi connectivity index (χ0v) is 13.5.